The van der Waals surface area contributed by atoms with Gasteiger partial charge < -0.3 is 0 Å². The van der Waals surface area contributed by atoms with E-state index in [0.717, 1.165) is 5.92 Å². The van der Waals surface area contributed by atoms with E-state index in [1.807, 2.05) is 0 Å². The van der Waals surface area contributed by atoms with Gasteiger partial charge in [0.2, 0.25) is 0 Å². The second-order valence-electron chi connectivity index (χ2n) is 5.06. The molecular weight excluding hydrogens is 180 g/mol. The van der Waals surface area contributed by atoms with Crippen LogP contribution in [-0.4, -0.2) is 0 Å². The van der Waals surface area contributed by atoms with Crippen molar-refractivity contribution in [2.75, 3.05) is 0 Å². The third kappa shape index (κ3) is 3.37. The molecule has 0 aliphatic carbocycles. The first kappa shape index (κ1) is 12.3. The summed E-state index contributed by atoms with van der Waals surface area (Å²) in [6.45, 7) is 11.3. The first-order valence-electron chi connectivity index (χ1n) is 6.13. The first-order valence-corrected chi connectivity index (χ1v) is 6.13. The maximum absolute atomic E-state index is 2.36. The topological polar surface area (TPSA) is 0 Å². The molecule has 0 fully saturated rings. The highest BCUT2D eigenvalue weighted by molar-refractivity contribution is 5.38. The zero-order chi connectivity index (χ0) is 11.4. The van der Waals surface area contributed by atoms with Gasteiger partial charge in [-0.1, -0.05) is 44.9 Å². The van der Waals surface area contributed by atoms with Gasteiger partial charge in [0, 0.05) is 0 Å². The molecule has 0 N–H and O–H groups in total. The van der Waals surface area contributed by atoms with Crippen molar-refractivity contribution in [3.05, 3.63) is 34.4 Å². The van der Waals surface area contributed by atoms with Crippen molar-refractivity contribution >= 4 is 0 Å². The van der Waals surface area contributed by atoms with Gasteiger partial charge in [-0.25, -0.2) is 0 Å². The van der Waals surface area contributed by atoms with Crippen molar-refractivity contribution in [1.82, 2.24) is 0 Å². The third-order valence-electron chi connectivity index (χ3n) is 2.91. The summed E-state index contributed by atoms with van der Waals surface area (Å²) in [4.78, 5) is 0. The molecule has 0 aliphatic heterocycles. The molecule has 0 spiro atoms. The van der Waals surface area contributed by atoms with E-state index in [4.69, 9.17) is 0 Å². The van der Waals surface area contributed by atoms with Gasteiger partial charge in [0.05, 0.1) is 0 Å². The van der Waals surface area contributed by atoms with Gasteiger partial charge in [-0.05, 0) is 49.3 Å². The molecule has 0 heteroatoms. The Kier molecular flexibility index (Phi) is 4.38. The van der Waals surface area contributed by atoms with Crippen LogP contribution >= 0.6 is 0 Å². The first-order chi connectivity index (χ1) is 7.04. The van der Waals surface area contributed by atoms with Crippen molar-refractivity contribution in [1.29, 1.82) is 0 Å². The van der Waals surface area contributed by atoms with Crippen molar-refractivity contribution < 1.29 is 0 Å². The third-order valence-corrected chi connectivity index (χ3v) is 2.91. The number of benzene rings is 1. The van der Waals surface area contributed by atoms with Gasteiger partial charge in [-0.2, -0.15) is 0 Å². The molecule has 0 nitrogen and oxygen atoms in total. The Bertz CT molecular complexity index is 321. The van der Waals surface area contributed by atoms with Gasteiger partial charge in [0.25, 0.3) is 0 Å². The summed E-state index contributed by atoms with van der Waals surface area (Å²) in [5, 5.41) is 0. The van der Waals surface area contributed by atoms with Crippen LogP contribution in [0.25, 0.3) is 0 Å². The highest BCUT2D eigenvalue weighted by atomic mass is 14.1. The Morgan fingerprint density at radius 3 is 2.20 bits per heavy atom. The molecule has 0 amide bonds. The molecule has 0 aromatic heterocycles. The summed E-state index contributed by atoms with van der Waals surface area (Å²) in [6.07, 6.45) is 3.67. The average Bonchev–Trinajstić information content (AvgIpc) is 2.12. The van der Waals surface area contributed by atoms with Crippen LogP contribution < -0.4 is 0 Å². The lowest BCUT2D eigenvalue weighted by Gasteiger charge is -2.14. The summed E-state index contributed by atoms with van der Waals surface area (Å²) in [5.74, 6) is 0.750. The van der Waals surface area contributed by atoms with E-state index in [1.165, 1.54) is 30.4 Å². The molecule has 0 saturated heterocycles. The van der Waals surface area contributed by atoms with E-state index in [0.29, 0.717) is 0 Å². The minimum Gasteiger partial charge on any atom is -0.0651 e. The lowest BCUT2D eigenvalue weighted by Crippen LogP contribution is -2.01. The molecule has 0 unspecified atom stereocenters. The maximum atomic E-state index is 2.36. The molecule has 0 radical (unpaired) electrons. The fourth-order valence-corrected chi connectivity index (χ4v) is 2.19. The highest BCUT2D eigenvalue weighted by Crippen LogP contribution is 2.21. The van der Waals surface area contributed by atoms with E-state index in [-0.39, 0.29) is 0 Å². The molecule has 0 atom stereocenters. The summed E-state index contributed by atoms with van der Waals surface area (Å²) in [5.41, 5.74) is 6.04. The average molecular weight is 204 g/mol. The smallest absolute Gasteiger partial charge is 0.0253 e. The second kappa shape index (κ2) is 5.34. The summed E-state index contributed by atoms with van der Waals surface area (Å²) in [6, 6.07) is 4.71. The van der Waals surface area contributed by atoms with Gasteiger partial charge in [0.1, 0.15) is 0 Å². The molecule has 0 bridgehead atoms. The summed E-state index contributed by atoms with van der Waals surface area (Å²) >= 11 is 0. The van der Waals surface area contributed by atoms with Crippen LogP contribution in [0.5, 0.6) is 0 Å². The fraction of sp³-hybridized carbons (Fsp3) is 0.600. The van der Waals surface area contributed by atoms with Crippen LogP contribution in [-0.2, 0) is 12.8 Å². The Morgan fingerprint density at radius 2 is 1.67 bits per heavy atom. The number of hydrogen-bond donors (Lipinski definition) is 0. The lowest BCUT2D eigenvalue weighted by molar-refractivity contribution is 0.643. The van der Waals surface area contributed by atoms with Crippen molar-refractivity contribution in [2.24, 2.45) is 5.92 Å². The van der Waals surface area contributed by atoms with E-state index >= 15 is 0 Å². The number of rotatable bonds is 4. The minimum absolute atomic E-state index is 0.750. The quantitative estimate of drug-likeness (QED) is 0.679. The SMILES string of the molecule is CCCc1cc(C)cc(CC(C)C)c1C. The molecule has 1 aromatic carbocycles. The predicted octanol–water partition coefficient (Wildman–Crippen LogP) is 4.45. The van der Waals surface area contributed by atoms with Crippen LogP contribution in [0.1, 0.15) is 49.4 Å². The summed E-state index contributed by atoms with van der Waals surface area (Å²) in [7, 11) is 0. The van der Waals surface area contributed by atoms with E-state index in [9.17, 15) is 0 Å². The predicted molar refractivity (Wildman–Crippen MR) is 68.5 cm³/mol. The van der Waals surface area contributed by atoms with Gasteiger partial charge in [0.15, 0.2) is 0 Å². The van der Waals surface area contributed by atoms with Gasteiger partial charge in [-0.15, -0.1) is 0 Å². The number of aryl methyl sites for hydroxylation is 2. The normalized spacial score (nSPS) is 11.1. The molecule has 1 rings (SSSR count). The van der Waals surface area contributed by atoms with Gasteiger partial charge >= 0.3 is 0 Å². The van der Waals surface area contributed by atoms with Crippen LogP contribution in [0.15, 0.2) is 12.1 Å². The van der Waals surface area contributed by atoms with Crippen molar-refractivity contribution in [3.63, 3.8) is 0 Å². The molecular formula is C15H24. The minimum atomic E-state index is 0.750. The van der Waals surface area contributed by atoms with E-state index < -0.39 is 0 Å². The van der Waals surface area contributed by atoms with E-state index in [1.54, 1.807) is 11.1 Å². The Balaban J connectivity index is 3.04. The van der Waals surface area contributed by atoms with Crippen LogP contribution in [0.3, 0.4) is 0 Å². The Morgan fingerprint density at radius 1 is 1.07 bits per heavy atom. The van der Waals surface area contributed by atoms with Crippen LogP contribution in [0.4, 0.5) is 0 Å². The van der Waals surface area contributed by atoms with E-state index in [2.05, 4.69) is 46.8 Å². The zero-order valence-electron chi connectivity index (χ0n) is 10.9. The number of hydrogen-bond acceptors (Lipinski definition) is 0. The lowest BCUT2D eigenvalue weighted by atomic mass is 9.92. The molecule has 15 heavy (non-hydrogen) atoms. The maximum Gasteiger partial charge on any atom is -0.0253 e. The molecule has 1 aromatic rings. The molecule has 0 heterocycles. The molecule has 0 aliphatic rings. The van der Waals surface area contributed by atoms with Crippen LogP contribution in [0.2, 0.25) is 0 Å². The Hall–Kier alpha value is -0.780. The summed E-state index contributed by atoms with van der Waals surface area (Å²) < 4.78 is 0. The standard InChI is InChI=1S/C15H24/c1-6-7-14-9-12(4)10-15(13(14)5)8-11(2)3/h9-11H,6-8H2,1-5H3. The fourth-order valence-electron chi connectivity index (χ4n) is 2.19. The molecule has 84 valence electrons. The zero-order valence-corrected chi connectivity index (χ0v) is 10.9. The van der Waals surface area contributed by atoms with Crippen LogP contribution in [0, 0.1) is 19.8 Å². The largest absolute Gasteiger partial charge is 0.0651 e. The second-order valence-corrected chi connectivity index (χ2v) is 5.06. The van der Waals surface area contributed by atoms with Gasteiger partial charge in [-0.3, -0.25) is 0 Å². The van der Waals surface area contributed by atoms with Crippen molar-refractivity contribution in [2.45, 2.75) is 53.9 Å². The highest BCUT2D eigenvalue weighted by Gasteiger charge is 2.06. The molecule has 0 saturated carbocycles. The van der Waals surface area contributed by atoms with Crippen molar-refractivity contribution in [3.8, 4) is 0 Å². The Labute approximate surface area is 94.7 Å². The monoisotopic (exact) mass is 204 g/mol.